The molecule has 1 aliphatic carbocycles. The van der Waals surface area contributed by atoms with Gasteiger partial charge in [-0.3, -0.25) is 9.78 Å². The molecule has 2 aromatic rings. The second kappa shape index (κ2) is 10.8. The van der Waals surface area contributed by atoms with E-state index in [4.69, 9.17) is 18.9 Å². The lowest BCUT2D eigenvalue weighted by Crippen LogP contribution is -2.30. The topological polar surface area (TPSA) is 78.9 Å². The van der Waals surface area contributed by atoms with E-state index >= 15 is 0 Å². The van der Waals surface area contributed by atoms with Crippen molar-refractivity contribution in [3.8, 4) is 11.5 Å². The second-order valence-electron chi connectivity index (χ2n) is 6.77. The maximum absolute atomic E-state index is 12.7. The lowest BCUT2D eigenvalue weighted by atomic mass is 9.96. The predicted molar refractivity (Wildman–Crippen MR) is 116 cm³/mol. The Morgan fingerprint density at radius 3 is 2.40 bits per heavy atom. The number of anilines is 1. The molecule has 7 nitrogen and oxygen atoms in total. The first-order valence-electron chi connectivity index (χ1n) is 10.0. The second-order valence-corrected chi connectivity index (χ2v) is 6.77. The highest BCUT2D eigenvalue weighted by molar-refractivity contribution is 6.05. The molecule has 1 aromatic carbocycles. The fourth-order valence-electron chi connectivity index (χ4n) is 3.20. The maximum atomic E-state index is 12.7. The fraction of sp³-hybridized carbons (Fsp3) is 0.391. The summed E-state index contributed by atoms with van der Waals surface area (Å²) in [6.07, 6.45) is 8.07. The molecule has 3 rings (SSSR count). The van der Waals surface area contributed by atoms with Crippen LogP contribution in [-0.4, -0.2) is 57.5 Å². The average molecular weight is 412 g/mol. The number of aromatic nitrogens is 1. The number of carbonyl (C=O) groups excluding carboxylic acids is 1. The number of benzene rings is 1. The van der Waals surface area contributed by atoms with E-state index in [2.05, 4.69) is 10.3 Å². The first-order chi connectivity index (χ1) is 14.7. The van der Waals surface area contributed by atoms with Crippen molar-refractivity contribution in [2.45, 2.75) is 19.4 Å². The predicted octanol–water partition coefficient (Wildman–Crippen LogP) is 3.54. The number of carbonyl (C=O) groups is 1. The van der Waals surface area contributed by atoms with Gasteiger partial charge in [0, 0.05) is 37.6 Å². The smallest absolute Gasteiger partial charge is 0.184 e. The van der Waals surface area contributed by atoms with Crippen LogP contribution in [0, 0.1) is 0 Å². The Bertz CT molecular complexity index is 939. The van der Waals surface area contributed by atoms with Crippen LogP contribution in [0.15, 0.2) is 48.2 Å². The third kappa shape index (κ3) is 5.17. The summed E-state index contributed by atoms with van der Waals surface area (Å²) in [7, 11) is 3.25. The van der Waals surface area contributed by atoms with Crippen molar-refractivity contribution in [1.29, 1.82) is 0 Å². The van der Waals surface area contributed by atoms with Gasteiger partial charge < -0.3 is 24.3 Å². The third-order valence-corrected chi connectivity index (χ3v) is 4.79. The normalized spacial score (nSPS) is 15.9. The van der Waals surface area contributed by atoms with E-state index in [1.807, 2.05) is 43.4 Å². The Labute approximate surface area is 176 Å². The molecule has 1 unspecified atom stereocenters. The molecule has 0 fully saturated rings. The van der Waals surface area contributed by atoms with Gasteiger partial charge >= 0.3 is 0 Å². The van der Waals surface area contributed by atoms with Crippen LogP contribution in [0.1, 0.15) is 13.3 Å². The molecular formula is C23H28N2O5. The number of fused-ring (bicyclic) bond motifs is 1. The van der Waals surface area contributed by atoms with Crippen LogP contribution in [0.3, 0.4) is 0 Å². The van der Waals surface area contributed by atoms with Gasteiger partial charge in [-0.1, -0.05) is 25.2 Å². The van der Waals surface area contributed by atoms with E-state index in [0.29, 0.717) is 44.3 Å². The monoisotopic (exact) mass is 412 g/mol. The molecule has 1 N–H and O–H groups in total. The molecule has 0 spiro atoms. The van der Waals surface area contributed by atoms with Crippen LogP contribution in [-0.2, 0) is 14.3 Å². The Hall–Kier alpha value is -2.90. The first kappa shape index (κ1) is 21.8. The summed E-state index contributed by atoms with van der Waals surface area (Å²) in [6, 6.07) is 5.17. The fourth-order valence-corrected chi connectivity index (χ4v) is 3.20. The van der Waals surface area contributed by atoms with Crippen molar-refractivity contribution < 1.29 is 23.7 Å². The Kier molecular flexibility index (Phi) is 7.82. The molecule has 1 aliphatic rings. The minimum Gasteiger partial charge on any atom is -0.487 e. The molecule has 0 saturated carbocycles. The van der Waals surface area contributed by atoms with Crippen molar-refractivity contribution in [3.63, 3.8) is 0 Å². The number of ether oxygens (including phenoxy) is 4. The highest BCUT2D eigenvalue weighted by atomic mass is 16.5. The highest BCUT2D eigenvalue weighted by Crippen LogP contribution is 2.35. The molecule has 1 aromatic heterocycles. The lowest BCUT2D eigenvalue weighted by molar-refractivity contribution is -0.115. The minimum absolute atomic E-state index is 0.0843. The zero-order chi connectivity index (χ0) is 21.3. The number of pyridine rings is 1. The number of rotatable bonds is 11. The van der Waals surface area contributed by atoms with Gasteiger partial charge in [-0.2, -0.15) is 0 Å². The first-order valence-corrected chi connectivity index (χ1v) is 10.0. The van der Waals surface area contributed by atoms with Crippen molar-refractivity contribution in [3.05, 3.63) is 48.2 Å². The molecule has 0 saturated heterocycles. The molecular weight excluding hydrogens is 384 g/mol. The standard InChI is InChI=1S/C23H28N2O5/c1-4-16-6-5-7-19(23(16)26)25-18-8-9-24-20-15-22(30-13-11-28-3)21(14-17(18)20)29-12-10-27-2/h5-9,14-15,19H,4,10-13H2,1-3H3,(H,24,25). The zero-order valence-corrected chi connectivity index (χ0v) is 17.6. The van der Waals surface area contributed by atoms with Gasteiger partial charge in [0.05, 0.1) is 18.7 Å². The zero-order valence-electron chi connectivity index (χ0n) is 17.6. The Morgan fingerprint density at radius 2 is 1.73 bits per heavy atom. The Morgan fingerprint density at radius 1 is 1.03 bits per heavy atom. The number of nitrogens with zero attached hydrogens (tertiary/aromatic N) is 1. The van der Waals surface area contributed by atoms with E-state index in [-0.39, 0.29) is 5.78 Å². The van der Waals surface area contributed by atoms with Gasteiger partial charge in [0.1, 0.15) is 19.3 Å². The van der Waals surface area contributed by atoms with Gasteiger partial charge in [-0.05, 0) is 24.1 Å². The summed E-state index contributed by atoms with van der Waals surface area (Å²) < 4.78 is 21.9. The maximum Gasteiger partial charge on any atom is 0.184 e. The molecule has 1 heterocycles. The molecule has 7 heteroatoms. The van der Waals surface area contributed by atoms with E-state index in [1.165, 1.54) is 0 Å². The van der Waals surface area contributed by atoms with Crippen molar-refractivity contribution in [2.24, 2.45) is 0 Å². The number of hydrogen-bond donors (Lipinski definition) is 1. The molecule has 30 heavy (non-hydrogen) atoms. The molecule has 0 amide bonds. The quantitative estimate of drug-likeness (QED) is 0.566. The molecule has 0 aliphatic heterocycles. The van der Waals surface area contributed by atoms with Crippen molar-refractivity contribution in [1.82, 2.24) is 4.98 Å². The van der Waals surface area contributed by atoms with Crippen LogP contribution >= 0.6 is 0 Å². The summed E-state index contributed by atoms with van der Waals surface area (Å²) in [5, 5.41) is 4.19. The highest BCUT2D eigenvalue weighted by Gasteiger charge is 2.22. The van der Waals surface area contributed by atoms with Crippen LogP contribution in [0.2, 0.25) is 0 Å². The minimum atomic E-state index is -0.411. The van der Waals surface area contributed by atoms with E-state index in [1.54, 1.807) is 20.4 Å². The van der Waals surface area contributed by atoms with Crippen LogP contribution in [0.4, 0.5) is 5.69 Å². The van der Waals surface area contributed by atoms with Crippen LogP contribution in [0.5, 0.6) is 11.5 Å². The summed E-state index contributed by atoms with van der Waals surface area (Å²) in [4.78, 5) is 17.1. The third-order valence-electron chi connectivity index (χ3n) is 4.79. The summed E-state index contributed by atoms with van der Waals surface area (Å²) in [6.45, 7) is 3.69. The van der Waals surface area contributed by atoms with E-state index < -0.39 is 6.04 Å². The summed E-state index contributed by atoms with van der Waals surface area (Å²) in [5.41, 5.74) is 2.36. The van der Waals surface area contributed by atoms with Gasteiger partial charge in [-0.15, -0.1) is 0 Å². The van der Waals surface area contributed by atoms with Gasteiger partial charge in [0.2, 0.25) is 0 Å². The van der Waals surface area contributed by atoms with Crippen LogP contribution in [0.25, 0.3) is 10.9 Å². The number of nitrogens with one attached hydrogen (secondary N) is 1. The largest absolute Gasteiger partial charge is 0.487 e. The van der Waals surface area contributed by atoms with E-state index in [9.17, 15) is 4.79 Å². The number of methoxy groups -OCH3 is 2. The summed E-state index contributed by atoms with van der Waals surface area (Å²) in [5.74, 6) is 1.26. The summed E-state index contributed by atoms with van der Waals surface area (Å²) >= 11 is 0. The number of hydrogen-bond acceptors (Lipinski definition) is 7. The van der Waals surface area contributed by atoms with Crippen molar-refractivity contribution in [2.75, 3.05) is 46.0 Å². The molecule has 0 bridgehead atoms. The van der Waals surface area contributed by atoms with Gasteiger partial charge in [0.15, 0.2) is 17.3 Å². The number of ketones is 1. The number of Topliss-reactive ketones (excluding diaryl/α,β-unsaturated/α-hetero) is 1. The van der Waals surface area contributed by atoms with Gasteiger partial charge in [-0.25, -0.2) is 0 Å². The van der Waals surface area contributed by atoms with E-state index in [0.717, 1.165) is 22.2 Å². The Balaban J connectivity index is 1.91. The van der Waals surface area contributed by atoms with Crippen LogP contribution < -0.4 is 14.8 Å². The van der Waals surface area contributed by atoms with Crippen molar-refractivity contribution >= 4 is 22.4 Å². The average Bonchev–Trinajstić information content (AvgIpc) is 2.76. The molecule has 160 valence electrons. The van der Waals surface area contributed by atoms with Gasteiger partial charge in [0.25, 0.3) is 0 Å². The molecule has 1 atom stereocenters. The molecule has 0 radical (unpaired) electrons. The lowest BCUT2D eigenvalue weighted by Gasteiger charge is -2.21. The number of allylic oxidation sites excluding steroid dienone is 2. The SMILES string of the molecule is CCC1=CC=CC(Nc2ccnc3cc(OCCOC)c(OCCOC)cc23)C1=O.